The van der Waals surface area contributed by atoms with E-state index in [0.29, 0.717) is 51.0 Å². The first-order valence-corrected chi connectivity index (χ1v) is 12.0. The van der Waals surface area contributed by atoms with Crippen molar-refractivity contribution in [1.82, 2.24) is 9.62 Å². The van der Waals surface area contributed by atoms with E-state index in [0.717, 1.165) is 0 Å². The molecule has 1 aromatic rings. The minimum Gasteiger partial charge on any atom is -0.495 e. The second-order valence-corrected chi connectivity index (χ2v) is 10.0. The molecule has 0 fully saturated rings. The van der Waals surface area contributed by atoms with Gasteiger partial charge in [-0.05, 0) is 32.9 Å². The van der Waals surface area contributed by atoms with E-state index in [1.807, 2.05) is 0 Å². The summed E-state index contributed by atoms with van der Waals surface area (Å²) >= 11 is 0. The van der Waals surface area contributed by atoms with Crippen molar-refractivity contribution < 1.29 is 36.9 Å². The van der Waals surface area contributed by atoms with Gasteiger partial charge in [0.15, 0.2) is 0 Å². The molecule has 0 aliphatic heterocycles. The van der Waals surface area contributed by atoms with Crippen LogP contribution in [0.5, 0.6) is 5.75 Å². The number of alkyl carbamates (subject to hydrolysis) is 1. The van der Waals surface area contributed by atoms with Crippen LogP contribution in [-0.4, -0.2) is 91.3 Å². The number of sulfonamides is 1. The van der Waals surface area contributed by atoms with Crippen LogP contribution in [0.25, 0.3) is 0 Å². The maximum atomic E-state index is 12.6. The van der Waals surface area contributed by atoms with Crippen molar-refractivity contribution in [2.24, 2.45) is 0 Å². The fourth-order valence-electron chi connectivity index (χ4n) is 2.43. The van der Waals surface area contributed by atoms with Crippen LogP contribution in [-0.2, 0) is 29.0 Å². The fourth-order valence-corrected chi connectivity index (χ4v) is 3.60. The first-order chi connectivity index (χ1) is 15.5. The second kappa shape index (κ2) is 14.2. The van der Waals surface area contributed by atoms with Crippen molar-refractivity contribution in [3.05, 3.63) is 18.2 Å². The number of nitrogens with two attached hydrogens (primary N) is 1. The Kier molecular flexibility index (Phi) is 12.4. The normalized spacial score (nSPS) is 12.1. The van der Waals surface area contributed by atoms with Crippen LogP contribution in [0.4, 0.5) is 10.5 Å². The number of carbonyl (C=O) groups is 1. The number of hydrogen-bond acceptors (Lipinski definition) is 9. The zero-order chi connectivity index (χ0) is 24.9. The van der Waals surface area contributed by atoms with Gasteiger partial charge in [-0.2, -0.15) is 4.31 Å². The van der Waals surface area contributed by atoms with Gasteiger partial charge in [-0.3, -0.25) is 0 Å². The molecular weight excluding hydrogens is 454 g/mol. The Balaban J connectivity index is 2.10. The van der Waals surface area contributed by atoms with Gasteiger partial charge >= 0.3 is 6.09 Å². The van der Waals surface area contributed by atoms with Gasteiger partial charge in [0, 0.05) is 26.2 Å². The number of likely N-dealkylation sites (N-methyl/N-ethyl adjacent to an activating group) is 1. The predicted molar refractivity (Wildman–Crippen MR) is 124 cm³/mol. The minimum atomic E-state index is -3.68. The molecule has 1 amide bonds. The van der Waals surface area contributed by atoms with Gasteiger partial charge in [0.25, 0.3) is 0 Å². The van der Waals surface area contributed by atoms with Crippen LogP contribution in [0, 0.1) is 0 Å². The largest absolute Gasteiger partial charge is 0.495 e. The number of amides is 1. The summed E-state index contributed by atoms with van der Waals surface area (Å²) in [6.07, 6.45) is -0.480. The topological polar surface area (TPSA) is 139 Å². The van der Waals surface area contributed by atoms with Gasteiger partial charge in [-0.1, -0.05) is 0 Å². The van der Waals surface area contributed by atoms with E-state index in [1.165, 1.54) is 36.7 Å². The maximum Gasteiger partial charge on any atom is 0.407 e. The van der Waals surface area contributed by atoms with Gasteiger partial charge in [-0.15, -0.1) is 0 Å². The molecule has 0 saturated carbocycles. The molecule has 0 aliphatic rings. The molecule has 0 aliphatic carbocycles. The Morgan fingerprint density at radius 2 is 1.61 bits per heavy atom. The Bertz CT molecular complexity index is 827. The van der Waals surface area contributed by atoms with E-state index in [4.69, 9.17) is 29.4 Å². The van der Waals surface area contributed by atoms with Crippen molar-refractivity contribution in [2.75, 3.05) is 72.6 Å². The Morgan fingerprint density at radius 1 is 1.03 bits per heavy atom. The standard InChI is InChI=1S/C21H37N3O8S/c1-21(2,3)32-20(25)23-8-10-29-12-14-31-15-13-30-11-9-24(4)33(26,27)17-6-7-18(22)19(16-17)28-5/h6-7,16H,8-15,22H2,1-5H3,(H,23,25). The molecule has 0 atom stereocenters. The third-order valence-corrected chi connectivity index (χ3v) is 5.98. The summed E-state index contributed by atoms with van der Waals surface area (Å²) in [5.41, 5.74) is 5.57. The summed E-state index contributed by atoms with van der Waals surface area (Å²) in [4.78, 5) is 11.6. The molecule has 0 unspecified atom stereocenters. The van der Waals surface area contributed by atoms with Crippen molar-refractivity contribution in [3.63, 3.8) is 0 Å². The van der Waals surface area contributed by atoms with Crippen LogP contribution >= 0.6 is 0 Å². The highest BCUT2D eigenvalue weighted by Crippen LogP contribution is 2.26. The average molecular weight is 492 g/mol. The molecule has 1 aromatic carbocycles. The third-order valence-electron chi connectivity index (χ3n) is 4.12. The molecule has 12 heteroatoms. The quantitative estimate of drug-likeness (QED) is 0.276. The number of hydrogen-bond donors (Lipinski definition) is 2. The molecular formula is C21H37N3O8S. The highest BCUT2D eigenvalue weighted by molar-refractivity contribution is 7.89. The molecule has 0 radical (unpaired) electrons. The SMILES string of the molecule is COc1cc(S(=O)(=O)N(C)CCOCCOCCOCCNC(=O)OC(C)(C)C)ccc1N. The lowest BCUT2D eigenvalue weighted by atomic mass is 10.2. The lowest BCUT2D eigenvalue weighted by molar-refractivity contribution is 0.0131. The van der Waals surface area contributed by atoms with E-state index in [1.54, 1.807) is 20.8 Å². The van der Waals surface area contributed by atoms with Crippen LogP contribution < -0.4 is 15.8 Å². The van der Waals surface area contributed by atoms with Crippen LogP contribution in [0.2, 0.25) is 0 Å². The molecule has 0 bridgehead atoms. The van der Waals surface area contributed by atoms with Crippen LogP contribution in [0.3, 0.4) is 0 Å². The summed E-state index contributed by atoms with van der Waals surface area (Å²) in [6.45, 7) is 7.91. The van der Waals surface area contributed by atoms with Gasteiger partial charge in [0.05, 0.1) is 57.3 Å². The zero-order valence-corrected chi connectivity index (χ0v) is 20.9. The summed E-state index contributed by atoms with van der Waals surface area (Å²) in [5.74, 6) is 0.307. The number of benzene rings is 1. The number of ether oxygens (including phenoxy) is 5. The molecule has 1 rings (SSSR count). The molecule has 3 N–H and O–H groups in total. The van der Waals surface area contributed by atoms with E-state index in [-0.39, 0.29) is 18.0 Å². The van der Waals surface area contributed by atoms with E-state index in [2.05, 4.69) is 5.32 Å². The highest BCUT2D eigenvalue weighted by Gasteiger charge is 2.21. The lowest BCUT2D eigenvalue weighted by Gasteiger charge is -2.19. The zero-order valence-electron chi connectivity index (χ0n) is 20.1. The van der Waals surface area contributed by atoms with Gasteiger partial charge < -0.3 is 34.7 Å². The monoisotopic (exact) mass is 491 g/mol. The number of nitrogen functional groups attached to an aromatic ring is 1. The molecule has 33 heavy (non-hydrogen) atoms. The molecule has 0 heterocycles. The highest BCUT2D eigenvalue weighted by atomic mass is 32.2. The molecule has 11 nitrogen and oxygen atoms in total. The fraction of sp³-hybridized carbons (Fsp3) is 0.667. The minimum absolute atomic E-state index is 0.0978. The Hall–Kier alpha value is -2.12. The third kappa shape index (κ3) is 11.5. The van der Waals surface area contributed by atoms with Crippen molar-refractivity contribution >= 4 is 21.8 Å². The smallest absolute Gasteiger partial charge is 0.407 e. The lowest BCUT2D eigenvalue weighted by Crippen LogP contribution is -2.34. The van der Waals surface area contributed by atoms with Gasteiger partial charge in [-0.25, -0.2) is 13.2 Å². The molecule has 190 valence electrons. The number of carbonyl (C=O) groups excluding carboxylic acids is 1. The van der Waals surface area contributed by atoms with Crippen molar-refractivity contribution in [1.29, 1.82) is 0 Å². The second-order valence-electron chi connectivity index (χ2n) is 8.00. The number of anilines is 1. The number of nitrogens with zero attached hydrogens (tertiary/aromatic N) is 1. The van der Waals surface area contributed by atoms with E-state index < -0.39 is 21.7 Å². The average Bonchev–Trinajstić information content (AvgIpc) is 2.73. The Morgan fingerprint density at radius 3 is 2.18 bits per heavy atom. The predicted octanol–water partition coefficient (Wildman–Crippen LogP) is 1.47. The molecule has 0 spiro atoms. The number of methoxy groups -OCH3 is 1. The maximum absolute atomic E-state index is 12.6. The summed E-state index contributed by atoms with van der Waals surface area (Å²) in [7, 11) is -0.772. The molecule has 0 aromatic heterocycles. The van der Waals surface area contributed by atoms with Crippen molar-refractivity contribution in [3.8, 4) is 5.75 Å². The van der Waals surface area contributed by atoms with Crippen LogP contribution in [0.15, 0.2) is 23.1 Å². The summed E-state index contributed by atoms with van der Waals surface area (Å²) < 4.78 is 52.8. The van der Waals surface area contributed by atoms with Gasteiger partial charge in [0.2, 0.25) is 10.0 Å². The Labute approximate surface area is 196 Å². The van der Waals surface area contributed by atoms with Gasteiger partial charge in [0.1, 0.15) is 11.4 Å². The number of rotatable bonds is 15. The van der Waals surface area contributed by atoms with E-state index >= 15 is 0 Å². The summed E-state index contributed by atoms with van der Waals surface area (Å²) in [5, 5.41) is 2.60. The van der Waals surface area contributed by atoms with Crippen molar-refractivity contribution in [2.45, 2.75) is 31.3 Å². The first-order valence-electron chi connectivity index (χ1n) is 10.6. The van der Waals surface area contributed by atoms with Crippen LogP contribution in [0.1, 0.15) is 20.8 Å². The first kappa shape index (κ1) is 28.9. The number of nitrogens with one attached hydrogen (secondary N) is 1. The molecule has 0 saturated heterocycles. The van der Waals surface area contributed by atoms with E-state index in [9.17, 15) is 13.2 Å². The summed E-state index contributed by atoms with van der Waals surface area (Å²) in [6, 6.07) is 4.33.